The number of aliphatic hydroxyl groups is 4. The molecule has 2 aliphatic rings. The number of aromatic amines is 1. The van der Waals surface area contributed by atoms with Crippen molar-refractivity contribution in [1.82, 2.24) is 14.9 Å². The summed E-state index contributed by atoms with van der Waals surface area (Å²) < 4.78 is 7.56. The van der Waals surface area contributed by atoms with E-state index < -0.39 is 49.1 Å². The van der Waals surface area contributed by atoms with Crippen LogP contribution in [0.25, 0.3) is 44.9 Å². The predicted molar refractivity (Wildman–Crippen MR) is 132 cm³/mol. The largest absolute Gasteiger partial charge is 0.394 e. The SMILES string of the molecule is C=Cc1[nH]c2c(c1C=C)c1c(c3c4ccccc4n(C4OC(CO)C(O)C(O)C4O)c23)C(=O)NC1=O. The van der Waals surface area contributed by atoms with E-state index in [2.05, 4.69) is 23.5 Å². The summed E-state index contributed by atoms with van der Waals surface area (Å²) in [5.41, 5.74) is 3.01. The lowest BCUT2D eigenvalue weighted by molar-refractivity contribution is -0.249. The lowest BCUT2D eigenvalue weighted by Gasteiger charge is -2.41. The second-order valence-corrected chi connectivity index (χ2v) is 8.97. The van der Waals surface area contributed by atoms with Crippen molar-refractivity contribution in [3.63, 3.8) is 0 Å². The van der Waals surface area contributed by atoms with Crippen molar-refractivity contribution in [2.45, 2.75) is 30.6 Å². The minimum Gasteiger partial charge on any atom is -0.394 e. The molecule has 4 heterocycles. The van der Waals surface area contributed by atoms with Crippen molar-refractivity contribution in [2.24, 2.45) is 0 Å². The van der Waals surface area contributed by atoms with Crippen LogP contribution < -0.4 is 5.32 Å². The summed E-state index contributed by atoms with van der Waals surface area (Å²) >= 11 is 0. The minimum atomic E-state index is -1.61. The minimum absolute atomic E-state index is 0.180. The summed E-state index contributed by atoms with van der Waals surface area (Å²) in [5.74, 6) is -1.10. The number of hydrogen-bond acceptors (Lipinski definition) is 7. The summed E-state index contributed by atoms with van der Waals surface area (Å²) in [4.78, 5) is 29.4. The van der Waals surface area contributed by atoms with Crippen LogP contribution in [0, 0.1) is 0 Å². The average Bonchev–Trinajstić information content (AvgIpc) is 3.51. The highest BCUT2D eigenvalue weighted by Gasteiger charge is 2.46. The Hall–Kier alpha value is -3.80. The zero-order valence-electron chi connectivity index (χ0n) is 18.9. The molecule has 2 amide bonds. The number of nitrogens with zero attached hydrogens (tertiary/aromatic N) is 1. The van der Waals surface area contributed by atoms with E-state index in [9.17, 15) is 30.0 Å². The second kappa shape index (κ2) is 7.85. The number of H-pyrrole nitrogens is 1. The molecule has 5 unspecified atom stereocenters. The molecule has 0 saturated carbocycles. The van der Waals surface area contributed by atoms with Gasteiger partial charge in [-0.1, -0.05) is 37.4 Å². The number of hydrogen-bond donors (Lipinski definition) is 6. The van der Waals surface area contributed by atoms with Gasteiger partial charge < -0.3 is 34.7 Å². The molecule has 36 heavy (non-hydrogen) atoms. The molecule has 4 aromatic rings. The third-order valence-electron chi connectivity index (χ3n) is 7.18. The Balaban J connectivity index is 1.84. The van der Waals surface area contributed by atoms with Crippen molar-refractivity contribution in [1.29, 1.82) is 0 Å². The molecule has 184 valence electrons. The van der Waals surface area contributed by atoms with Crippen molar-refractivity contribution in [3.05, 3.63) is 59.8 Å². The fourth-order valence-electron chi connectivity index (χ4n) is 5.60. The van der Waals surface area contributed by atoms with Crippen LogP contribution in [0.1, 0.15) is 38.2 Å². The van der Waals surface area contributed by atoms with Crippen LogP contribution in [0.2, 0.25) is 0 Å². The molecule has 10 nitrogen and oxygen atoms in total. The number of fused-ring (bicyclic) bond motifs is 8. The van der Waals surface area contributed by atoms with Gasteiger partial charge in [0.05, 0.1) is 34.3 Å². The Kier molecular flexibility index (Phi) is 4.94. The van der Waals surface area contributed by atoms with Crippen LogP contribution in [-0.4, -0.2) is 72.8 Å². The molecule has 2 aromatic carbocycles. The summed E-state index contributed by atoms with van der Waals surface area (Å²) in [6.07, 6.45) is -3.96. The molecule has 2 aromatic heterocycles. The van der Waals surface area contributed by atoms with E-state index in [1.54, 1.807) is 41.0 Å². The normalized spacial score (nSPS) is 26.1. The number of nitrogens with one attached hydrogen (secondary N) is 2. The van der Waals surface area contributed by atoms with E-state index >= 15 is 0 Å². The molecule has 0 spiro atoms. The molecule has 2 aliphatic heterocycles. The van der Waals surface area contributed by atoms with Crippen LogP contribution in [-0.2, 0) is 4.74 Å². The first kappa shape index (κ1) is 22.7. The molecule has 6 rings (SSSR count). The Bertz CT molecular complexity index is 1630. The predicted octanol–water partition coefficient (Wildman–Crippen LogP) is 1.42. The first-order valence-electron chi connectivity index (χ1n) is 11.4. The quantitative estimate of drug-likeness (QED) is 0.237. The number of para-hydroxylation sites is 1. The third kappa shape index (κ3) is 2.73. The number of rotatable bonds is 4. The van der Waals surface area contributed by atoms with Crippen LogP contribution in [0.15, 0.2) is 37.4 Å². The smallest absolute Gasteiger partial charge is 0.259 e. The second-order valence-electron chi connectivity index (χ2n) is 8.97. The number of aliphatic hydroxyl groups excluding tert-OH is 4. The fourth-order valence-corrected chi connectivity index (χ4v) is 5.60. The first-order valence-corrected chi connectivity index (χ1v) is 11.4. The fraction of sp³-hybridized carbons (Fsp3) is 0.231. The maximum absolute atomic E-state index is 13.1. The number of carbonyl (C=O) groups excluding carboxylic acids is 2. The zero-order chi connectivity index (χ0) is 25.5. The van der Waals surface area contributed by atoms with Crippen molar-refractivity contribution in [2.75, 3.05) is 6.61 Å². The van der Waals surface area contributed by atoms with Gasteiger partial charge in [0, 0.05) is 27.4 Å². The molecule has 1 fully saturated rings. The van der Waals surface area contributed by atoms with Crippen LogP contribution >= 0.6 is 0 Å². The monoisotopic (exact) mass is 489 g/mol. The van der Waals surface area contributed by atoms with Gasteiger partial charge in [-0.15, -0.1) is 0 Å². The molecule has 0 bridgehead atoms. The maximum atomic E-state index is 13.1. The van der Waals surface area contributed by atoms with E-state index in [1.165, 1.54) is 0 Å². The van der Waals surface area contributed by atoms with Crippen molar-refractivity contribution in [3.8, 4) is 0 Å². The summed E-state index contributed by atoms with van der Waals surface area (Å²) in [6, 6.07) is 7.09. The summed E-state index contributed by atoms with van der Waals surface area (Å²) in [6.45, 7) is 7.12. The van der Waals surface area contributed by atoms with Gasteiger partial charge in [-0.25, -0.2) is 0 Å². The highest BCUT2D eigenvalue weighted by Crippen LogP contribution is 2.45. The van der Waals surface area contributed by atoms with E-state index in [1.807, 2.05) is 0 Å². The van der Waals surface area contributed by atoms with Gasteiger partial charge in [-0.05, 0) is 12.1 Å². The third-order valence-corrected chi connectivity index (χ3v) is 7.18. The van der Waals surface area contributed by atoms with E-state index in [-0.39, 0.29) is 11.1 Å². The summed E-state index contributed by atoms with van der Waals surface area (Å²) in [7, 11) is 0. The number of benzene rings is 2. The van der Waals surface area contributed by atoms with Gasteiger partial charge >= 0.3 is 0 Å². The Morgan fingerprint density at radius 1 is 0.972 bits per heavy atom. The van der Waals surface area contributed by atoms with Gasteiger partial charge in [0.25, 0.3) is 11.8 Å². The molecule has 0 radical (unpaired) electrons. The van der Waals surface area contributed by atoms with E-state index in [4.69, 9.17) is 4.74 Å². The van der Waals surface area contributed by atoms with Crippen LogP contribution in [0.4, 0.5) is 0 Å². The molecule has 6 N–H and O–H groups in total. The number of ether oxygens (including phenoxy) is 1. The first-order chi connectivity index (χ1) is 17.3. The Morgan fingerprint density at radius 2 is 1.67 bits per heavy atom. The molecular formula is C26H23N3O7. The molecule has 0 aliphatic carbocycles. The van der Waals surface area contributed by atoms with Crippen LogP contribution in [0.5, 0.6) is 0 Å². The van der Waals surface area contributed by atoms with Crippen molar-refractivity contribution < 1.29 is 34.8 Å². The molecular weight excluding hydrogens is 466 g/mol. The van der Waals surface area contributed by atoms with E-state index in [0.29, 0.717) is 44.0 Å². The Labute approximate surface area is 203 Å². The summed E-state index contributed by atoms with van der Waals surface area (Å²) in [5, 5.41) is 45.6. The maximum Gasteiger partial charge on any atom is 0.259 e. The van der Waals surface area contributed by atoms with Gasteiger partial charge in [0.1, 0.15) is 24.4 Å². The zero-order valence-corrected chi connectivity index (χ0v) is 18.9. The van der Waals surface area contributed by atoms with E-state index in [0.717, 1.165) is 0 Å². The lowest BCUT2D eigenvalue weighted by atomic mass is 9.95. The number of aromatic nitrogens is 2. The van der Waals surface area contributed by atoms with Gasteiger partial charge in [-0.2, -0.15) is 0 Å². The highest BCUT2D eigenvalue weighted by molar-refractivity contribution is 6.37. The lowest BCUT2D eigenvalue weighted by Crippen LogP contribution is -2.56. The average molecular weight is 489 g/mol. The van der Waals surface area contributed by atoms with Crippen molar-refractivity contribution >= 4 is 56.7 Å². The number of carbonyl (C=O) groups is 2. The van der Waals surface area contributed by atoms with Gasteiger partial charge in [0.15, 0.2) is 6.23 Å². The van der Waals surface area contributed by atoms with Gasteiger partial charge in [0.2, 0.25) is 0 Å². The van der Waals surface area contributed by atoms with Gasteiger partial charge in [-0.3, -0.25) is 14.9 Å². The topological polar surface area (TPSA) is 157 Å². The molecule has 5 atom stereocenters. The standard InChI is InChI=1S/C26H23N3O7/c1-3-10-12(4-2)27-19-15(10)17-18(25(35)28-24(17)34)16-11-7-5-6-8-13(11)29(20(16)19)26-23(33)22(32)21(31)14(9-30)36-26/h3-8,14,21-23,26-27,30-33H,1-2,9H2,(H,28,34,35). The molecule has 1 saturated heterocycles. The molecule has 10 heteroatoms. The highest BCUT2D eigenvalue weighted by atomic mass is 16.6. The number of amides is 2. The Morgan fingerprint density at radius 3 is 2.33 bits per heavy atom. The number of imide groups is 1. The van der Waals surface area contributed by atoms with Crippen LogP contribution in [0.3, 0.4) is 0 Å².